The van der Waals surface area contributed by atoms with Crippen LogP contribution in [0.4, 0.5) is 5.95 Å². The van der Waals surface area contributed by atoms with Gasteiger partial charge in [0, 0.05) is 68.7 Å². The lowest BCUT2D eigenvalue weighted by atomic mass is 9.93. The molecule has 0 amide bonds. The van der Waals surface area contributed by atoms with Crippen LogP contribution in [0.15, 0.2) is 36.7 Å². The second-order valence-corrected chi connectivity index (χ2v) is 11.0. The lowest BCUT2D eigenvalue weighted by Gasteiger charge is -2.32. The van der Waals surface area contributed by atoms with E-state index in [1.807, 2.05) is 6.20 Å². The van der Waals surface area contributed by atoms with E-state index in [2.05, 4.69) is 76.0 Å². The average Bonchev–Trinajstić information content (AvgIpc) is 3.28. The van der Waals surface area contributed by atoms with Crippen LogP contribution < -0.4 is 5.32 Å². The summed E-state index contributed by atoms with van der Waals surface area (Å²) in [6, 6.07) is 9.42. The molecule has 1 saturated carbocycles. The van der Waals surface area contributed by atoms with Gasteiger partial charge in [-0.25, -0.2) is 4.98 Å². The van der Waals surface area contributed by atoms with Gasteiger partial charge in [-0.05, 0) is 49.8 Å². The quantitative estimate of drug-likeness (QED) is 0.474. The number of nitrogens with one attached hydrogen (secondary N) is 1. The van der Waals surface area contributed by atoms with E-state index in [1.165, 1.54) is 16.7 Å². The van der Waals surface area contributed by atoms with Gasteiger partial charge in [-0.1, -0.05) is 44.5 Å². The van der Waals surface area contributed by atoms with E-state index < -0.39 is 0 Å². The van der Waals surface area contributed by atoms with Crippen LogP contribution in [0.3, 0.4) is 0 Å². The van der Waals surface area contributed by atoms with Gasteiger partial charge in [-0.2, -0.15) is 4.98 Å². The summed E-state index contributed by atoms with van der Waals surface area (Å²) in [5.41, 5.74) is 4.76. The van der Waals surface area contributed by atoms with Crippen molar-refractivity contribution in [2.45, 2.75) is 64.6 Å². The fourth-order valence-corrected chi connectivity index (χ4v) is 5.42. The van der Waals surface area contributed by atoms with Crippen LogP contribution >= 0.6 is 0 Å². The number of rotatable bonds is 8. The number of aromatic nitrogens is 3. The molecular weight excluding hydrogens is 448 g/mol. The first kappa shape index (κ1) is 25.2. The lowest BCUT2D eigenvalue weighted by molar-refractivity contribution is 0.111. The number of aliphatic hydroxyl groups is 1. The number of benzene rings is 1. The maximum absolute atomic E-state index is 10.1. The summed E-state index contributed by atoms with van der Waals surface area (Å²) in [6.45, 7) is 10.9. The normalized spacial score (nSPS) is 22.7. The predicted octanol–water partition coefficient (Wildman–Crippen LogP) is 4.78. The molecule has 0 spiro atoms. The molecule has 1 saturated heterocycles. The molecule has 1 aliphatic heterocycles. The first-order valence-electron chi connectivity index (χ1n) is 13.8. The molecule has 2 aliphatic rings. The zero-order chi connectivity index (χ0) is 25.1. The Hall–Kier alpha value is -2.48. The Morgan fingerprint density at radius 3 is 2.47 bits per heavy atom. The van der Waals surface area contributed by atoms with Crippen LogP contribution in [0.2, 0.25) is 0 Å². The lowest BCUT2D eigenvalue weighted by Crippen LogP contribution is -2.43. The number of anilines is 1. The fourth-order valence-electron chi connectivity index (χ4n) is 5.42. The highest BCUT2D eigenvalue weighted by molar-refractivity contribution is 5.94. The fraction of sp³-hybridized carbons (Fsp3) is 0.586. The third-order valence-electron chi connectivity index (χ3n) is 8.20. The van der Waals surface area contributed by atoms with Gasteiger partial charge in [-0.3, -0.25) is 4.90 Å². The number of hydrogen-bond acceptors (Lipinski definition) is 6. The monoisotopic (exact) mass is 490 g/mol. The predicted molar refractivity (Wildman–Crippen MR) is 147 cm³/mol. The Bertz CT molecular complexity index is 1130. The number of likely N-dealkylation sites (N-methyl/N-ethyl adjacent to an activating group) is 1. The largest absolute Gasteiger partial charge is 0.393 e. The molecule has 1 aromatic carbocycles. The van der Waals surface area contributed by atoms with Gasteiger partial charge in [0.1, 0.15) is 5.65 Å². The summed E-state index contributed by atoms with van der Waals surface area (Å²) in [5, 5.41) is 14.6. The van der Waals surface area contributed by atoms with E-state index in [1.54, 1.807) is 0 Å². The number of piperazine rings is 1. The van der Waals surface area contributed by atoms with Gasteiger partial charge in [0.15, 0.2) is 0 Å². The van der Waals surface area contributed by atoms with Gasteiger partial charge in [0.25, 0.3) is 0 Å². The van der Waals surface area contributed by atoms with Gasteiger partial charge >= 0.3 is 0 Å². The van der Waals surface area contributed by atoms with Crippen molar-refractivity contribution in [2.75, 3.05) is 45.1 Å². The highest BCUT2D eigenvalue weighted by Crippen LogP contribution is 2.36. The minimum absolute atomic E-state index is 0.169. The van der Waals surface area contributed by atoms with Gasteiger partial charge in [0.05, 0.1) is 6.10 Å². The molecular formula is C29H42N6O. The molecule has 7 heteroatoms. The third kappa shape index (κ3) is 5.74. The molecule has 3 heterocycles. The zero-order valence-corrected chi connectivity index (χ0v) is 22.2. The van der Waals surface area contributed by atoms with Gasteiger partial charge in [0.2, 0.25) is 5.95 Å². The maximum Gasteiger partial charge on any atom is 0.224 e. The second kappa shape index (κ2) is 11.3. The molecule has 2 fully saturated rings. The van der Waals surface area contributed by atoms with E-state index in [-0.39, 0.29) is 6.10 Å². The summed E-state index contributed by atoms with van der Waals surface area (Å²) >= 11 is 0. The summed E-state index contributed by atoms with van der Waals surface area (Å²) in [7, 11) is 2.20. The molecule has 2 N–H and O–H groups in total. The van der Waals surface area contributed by atoms with Crippen molar-refractivity contribution >= 4 is 17.0 Å². The maximum atomic E-state index is 10.1. The highest BCUT2D eigenvalue weighted by atomic mass is 16.3. The summed E-state index contributed by atoms with van der Waals surface area (Å²) < 4.78 is 2.35. The number of hydrogen-bond donors (Lipinski definition) is 2. The minimum Gasteiger partial charge on any atom is -0.393 e. The molecule has 0 radical (unpaired) electrons. The van der Waals surface area contributed by atoms with Crippen molar-refractivity contribution in [3.05, 3.63) is 42.2 Å². The van der Waals surface area contributed by atoms with Crippen molar-refractivity contribution in [3.63, 3.8) is 0 Å². The Labute approximate surface area is 215 Å². The Balaban J connectivity index is 1.41. The first-order chi connectivity index (χ1) is 17.5. The molecule has 2 aromatic heterocycles. The molecule has 0 bridgehead atoms. The molecule has 1 atom stereocenters. The molecule has 36 heavy (non-hydrogen) atoms. The van der Waals surface area contributed by atoms with E-state index in [0.717, 1.165) is 82.4 Å². The molecule has 194 valence electrons. The van der Waals surface area contributed by atoms with Gasteiger partial charge < -0.3 is 19.9 Å². The average molecular weight is 491 g/mol. The van der Waals surface area contributed by atoms with Crippen LogP contribution in [0, 0.1) is 5.92 Å². The van der Waals surface area contributed by atoms with Gasteiger partial charge in [-0.15, -0.1) is 0 Å². The number of aliphatic hydroxyl groups excluding tert-OH is 1. The standard InChI is InChI=1S/C29H42N6O/c1-4-21(2)17-30-29-31-18-26-27(20-35(28(26)32-29)24-9-11-25(36)12-10-24)23-7-5-22(6-8-23)19-34-15-13-33(3)14-16-34/h5-8,18,20-21,24-25,36H,4,9-17,19H2,1-3H3,(H,30,31,32)/t21?,24-,25-. The molecule has 7 nitrogen and oxygen atoms in total. The third-order valence-corrected chi connectivity index (χ3v) is 8.20. The van der Waals surface area contributed by atoms with Crippen LogP contribution in [0.5, 0.6) is 0 Å². The van der Waals surface area contributed by atoms with E-state index in [0.29, 0.717) is 17.9 Å². The first-order valence-corrected chi connectivity index (χ1v) is 13.8. The summed E-state index contributed by atoms with van der Waals surface area (Å²) in [4.78, 5) is 14.6. The highest BCUT2D eigenvalue weighted by Gasteiger charge is 2.24. The number of nitrogens with zero attached hydrogens (tertiary/aromatic N) is 5. The minimum atomic E-state index is -0.169. The van der Waals surface area contributed by atoms with E-state index in [9.17, 15) is 5.11 Å². The summed E-state index contributed by atoms with van der Waals surface area (Å²) in [6.07, 6.45) is 8.89. The van der Waals surface area contributed by atoms with E-state index in [4.69, 9.17) is 4.98 Å². The molecule has 1 aliphatic carbocycles. The van der Waals surface area contributed by atoms with Crippen LogP contribution in [-0.4, -0.2) is 75.3 Å². The van der Waals surface area contributed by atoms with Crippen molar-refractivity contribution < 1.29 is 5.11 Å². The van der Waals surface area contributed by atoms with Crippen molar-refractivity contribution in [2.24, 2.45) is 5.92 Å². The zero-order valence-electron chi connectivity index (χ0n) is 22.2. The second-order valence-electron chi connectivity index (χ2n) is 11.0. The smallest absolute Gasteiger partial charge is 0.224 e. The Morgan fingerprint density at radius 2 is 1.78 bits per heavy atom. The number of fused-ring (bicyclic) bond motifs is 1. The van der Waals surface area contributed by atoms with Crippen molar-refractivity contribution in [3.8, 4) is 11.1 Å². The van der Waals surface area contributed by atoms with Crippen molar-refractivity contribution in [1.29, 1.82) is 0 Å². The van der Waals surface area contributed by atoms with Crippen LogP contribution in [0.1, 0.15) is 57.6 Å². The van der Waals surface area contributed by atoms with E-state index >= 15 is 0 Å². The Morgan fingerprint density at radius 1 is 1.06 bits per heavy atom. The molecule has 5 rings (SSSR count). The molecule has 3 aromatic rings. The Kier molecular flexibility index (Phi) is 7.89. The van der Waals surface area contributed by atoms with Crippen LogP contribution in [-0.2, 0) is 6.54 Å². The van der Waals surface area contributed by atoms with Crippen molar-refractivity contribution in [1.82, 2.24) is 24.3 Å². The topological polar surface area (TPSA) is 69.5 Å². The van der Waals surface area contributed by atoms with Crippen LogP contribution in [0.25, 0.3) is 22.2 Å². The summed E-state index contributed by atoms with van der Waals surface area (Å²) in [5.74, 6) is 1.28. The molecule has 1 unspecified atom stereocenters. The SMILES string of the molecule is CCC(C)CNc1ncc2c(-c3ccc(CN4CCN(C)CC4)cc3)cn([C@H]3CC[C@H](O)CC3)c2n1.